The number of pyridine rings is 1. The van der Waals surface area contributed by atoms with Crippen molar-refractivity contribution in [3.63, 3.8) is 0 Å². The third kappa shape index (κ3) is 2.10. The van der Waals surface area contributed by atoms with Crippen molar-refractivity contribution in [2.45, 2.75) is 13.0 Å². The molecular formula is C16H13BrFNO4. The van der Waals surface area contributed by atoms with Gasteiger partial charge < -0.3 is 9.47 Å². The zero-order valence-electron chi connectivity index (χ0n) is 12.5. The minimum absolute atomic E-state index is 0.130. The smallest absolute Gasteiger partial charge is 0.343 e. The number of carbonyl (C=O) groups is 1. The SMILES string of the molecule is C=Cc1c(F)c(Br)c2c3c1cc(C(=O)OC)c(=O)n3[C@@H](C)CO2. The first-order valence-corrected chi connectivity index (χ1v) is 7.65. The van der Waals surface area contributed by atoms with Gasteiger partial charge >= 0.3 is 5.97 Å². The van der Waals surface area contributed by atoms with E-state index < -0.39 is 17.3 Å². The van der Waals surface area contributed by atoms with Crippen LogP contribution in [0.25, 0.3) is 17.0 Å². The van der Waals surface area contributed by atoms with Crippen LogP contribution in [0, 0.1) is 5.82 Å². The minimum atomic E-state index is -0.765. The van der Waals surface area contributed by atoms with Crippen LogP contribution < -0.4 is 10.3 Å². The topological polar surface area (TPSA) is 57.5 Å². The van der Waals surface area contributed by atoms with Crippen molar-refractivity contribution in [2.24, 2.45) is 0 Å². The lowest BCUT2D eigenvalue weighted by atomic mass is 10.0. The van der Waals surface area contributed by atoms with Crippen LogP contribution in [-0.2, 0) is 4.74 Å². The summed E-state index contributed by atoms with van der Waals surface area (Å²) in [6.07, 6.45) is 1.34. The molecule has 0 spiro atoms. The number of nitrogens with zero attached hydrogens (tertiary/aromatic N) is 1. The van der Waals surface area contributed by atoms with Gasteiger partial charge in [0, 0.05) is 10.9 Å². The summed E-state index contributed by atoms with van der Waals surface area (Å²) in [5.74, 6) is -1.08. The normalized spacial score (nSPS) is 16.1. The molecule has 1 aromatic carbocycles. The molecule has 3 rings (SSSR count). The van der Waals surface area contributed by atoms with Gasteiger partial charge in [-0.25, -0.2) is 9.18 Å². The highest BCUT2D eigenvalue weighted by atomic mass is 79.9. The van der Waals surface area contributed by atoms with Gasteiger partial charge in [0.05, 0.1) is 23.1 Å². The monoisotopic (exact) mass is 381 g/mol. The second kappa shape index (κ2) is 5.49. The summed E-state index contributed by atoms with van der Waals surface area (Å²) < 4.78 is 26.4. The zero-order valence-corrected chi connectivity index (χ0v) is 14.1. The molecule has 1 aromatic heterocycles. The highest BCUT2D eigenvalue weighted by molar-refractivity contribution is 9.10. The predicted molar refractivity (Wildman–Crippen MR) is 87.5 cm³/mol. The Labute approximate surface area is 139 Å². The first-order chi connectivity index (χ1) is 10.9. The molecule has 7 heteroatoms. The molecule has 5 nitrogen and oxygen atoms in total. The lowest BCUT2D eigenvalue weighted by Crippen LogP contribution is -2.34. The average Bonchev–Trinajstić information content (AvgIpc) is 2.55. The Bertz CT molecular complexity index is 919. The Morgan fingerprint density at radius 2 is 2.30 bits per heavy atom. The molecule has 0 unspecified atom stereocenters. The summed E-state index contributed by atoms with van der Waals surface area (Å²) in [5, 5.41) is 0.377. The van der Waals surface area contributed by atoms with E-state index in [0.717, 1.165) is 0 Å². The number of hydrogen-bond donors (Lipinski definition) is 0. The van der Waals surface area contributed by atoms with Crippen LogP contribution in [0.15, 0.2) is 21.9 Å². The first-order valence-electron chi connectivity index (χ1n) is 6.86. The van der Waals surface area contributed by atoms with E-state index in [1.165, 1.54) is 23.8 Å². The van der Waals surface area contributed by atoms with Crippen LogP contribution in [0.3, 0.4) is 0 Å². The van der Waals surface area contributed by atoms with Crippen LogP contribution in [-0.4, -0.2) is 24.3 Å². The fraction of sp³-hybridized carbons (Fsp3) is 0.250. The van der Waals surface area contributed by atoms with Crippen molar-refractivity contribution in [1.29, 1.82) is 0 Å². The van der Waals surface area contributed by atoms with Crippen molar-refractivity contribution in [3.8, 4) is 5.75 Å². The molecule has 0 saturated carbocycles. The molecule has 2 aromatic rings. The molecule has 0 N–H and O–H groups in total. The highest BCUT2D eigenvalue weighted by Gasteiger charge is 2.29. The number of ether oxygens (including phenoxy) is 2. The molecule has 23 heavy (non-hydrogen) atoms. The lowest BCUT2D eigenvalue weighted by molar-refractivity contribution is 0.0597. The molecule has 120 valence electrons. The molecule has 0 aliphatic carbocycles. The van der Waals surface area contributed by atoms with Crippen LogP contribution in [0.2, 0.25) is 0 Å². The van der Waals surface area contributed by atoms with Gasteiger partial charge in [0.1, 0.15) is 18.0 Å². The summed E-state index contributed by atoms with van der Waals surface area (Å²) in [4.78, 5) is 24.6. The van der Waals surface area contributed by atoms with Gasteiger partial charge in [-0.15, -0.1) is 0 Å². The van der Waals surface area contributed by atoms with Crippen LogP contribution >= 0.6 is 15.9 Å². The van der Waals surface area contributed by atoms with Gasteiger partial charge in [0.15, 0.2) is 5.75 Å². The maximum atomic E-state index is 14.5. The van der Waals surface area contributed by atoms with Crippen molar-refractivity contribution in [1.82, 2.24) is 4.57 Å². The second-order valence-electron chi connectivity index (χ2n) is 5.22. The molecule has 1 aliphatic rings. The Morgan fingerprint density at radius 1 is 1.61 bits per heavy atom. The van der Waals surface area contributed by atoms with E-state index in [1.807, 2.05) is 0 Å². The van der Waals surface area contributed by atoms with Crippen molar-refractivity contribution >= 4 is 38.9 Å². The Balaban J connectivity index is 2.60. The number of methoxy groups -OCH3 is 1. The van der Waals surface area contributed by atoms with Gasteiger partial charge in [-0.2, -0.15) is 0 Å². The largest absolute Gasteiger partial charge is 0.488 e. The van der Waals surface area contributed by atoms with Gasteiger partial charge in [0.2, 0.25) is 0 Å². The maximum absolute atomic E-state index is 14.5. The Hall–Kier alpha value is -2.15. The van der Waals surface area contributed by atoms with E-state index in [-0.39, 0.29) is 34.0 Å². The number of aromatic nitrogens is 1. The standard InChI is InChI=1S/C16H13BrFNO4/c1-4-8-9-5-10(16(21)22-3)15(20)19-7(2)6-23-14(13(9)19)11(17)12(8)18/h4-5,7H,1,6H2,2-3H3/t7-/m0/s1. The molecule has 2 heterocycles. The highest BCUT2D eigenvalue weighted by Crippen LogP contribution is 2.42. The van der Waals surface area contributed by atoms with E-state index in [4.69, 9.17) is 4.74 Å². The fourth-order valence-electron chi connectivity index (χ4n) is 2.80. The number of carbonyl (C=O) groups excluding carboxylic acids is 1. The second-order valence-corrected chi connectivity index (χ2v) is 6.01. The molecule has 0 saturated heterocycles. The van der Waals surface area contributed by atoms with Crippen molar-refractivity contribution < 1.29 is 18.7 Å². The lowest BCUT2D eigenvalue weighted by Gasteiger charge is -2.28. The Kier molecular flexibility index (Phi) is 3.75. The van der Waals surface area contributed by atoms with Crippen LogP contribution in [0.4, 0.5) is 4.39 Å². The fourth-order valence-corrected chi connectivity index (χ4v) is 3.31. The van der Waals surface area contributed by atoms with E-state index in [9.17, 15) is 14.0 Å². The van der Waals surface area contributed by atoms with E-state index >= 15 is 0 Å². The van der Waals surface area contributed by atoms with E-state index in [2.05, 4.69) is 27.2 Å². The van der Waals surface area contributed by atoms with E-state index in [0.29, 0.717) is 10.9 Å². The maximum Gasteiger partial charge on any atom is 0.343 e. The van der Waals surface area contributed by atoms with Gasteiger partial charge in [-0.1, -0.05) is 12.7 Å². The van der Waals surface area contributed by atoms with Crippen LogP contribution in [0.1, 0.15) is 28.9 Å². The molecule has 0 amide bonds. The van der Waals surface area contributed by atoms with Crippen molar-refractivity contribution in [2.75, 3.05) is 13.7 Å². The van der Waals surface area contributed by atoms with Gasteiger partial charge in [-0.05, 0) is 28.9 Å². The van der Waals surface area contributed by atoms with Crippen LogP contribution in [0.5, 0.6) is 5.75 Å². The predicted octanol–water partition coefficient (Wildman–Crippen LogP) is 3.29. The Morgan fingerprint density at radius 3 is 2.91 bits per heavy atom. The summed E-state index contributed by atoms with van der Waals surface area (Å²) >= 11 is 3.17. The number of esters is 1. The minimum Gasteiger partial charge on any atom is -0.488 e. The third-order valence-electron chi connectivity index (χ3n) is 3.89. The average molecular weight is 382 g/mol. The zero-order chi connectivity index (χ0) is 16.9. The molecule has 0 fully saturated rings. The van der Waals surface area contributed by atoms with Gasteiger partial charge in [0.25, 0.3) is 5.56 Å². The quantitative estimate of drug-likeness (QED) is 0.749. The summed E-state index contributed by atoms with van der Waals surface area (Å²) in [6, 6.07) is 1.02. The summed E-state index contributed by atoms with van der Waals surface area (Å²) in [5.41, 5.74) is -0.0174. The molecule has 1 atom stereocenters. The summed E-state index contributed by atoms with van der Waals surface area (Å²) in [6.45, 7) is 5.60. The third-order valence-corrected chi connectivity index (χ3v) is 4.59. The van der Waals surface area contributed by atoms with E-state index in [1.54, 1.807) is 6.92 Å². The number of halogens is 2. The first kappa shape index (κ1) is 15.7. The number of hydrogen-bond acceptors (Lipinski definition) is 4. The van der Waals surface area contributed by atoms with Gasteiger partial charge in [-0.3, -0.25) is 9.36 Å². The molecule has 0 radical (unpaired) electrons. The summed E-state index contributed by atoms with van der Waals surface area (Å²) in [7, 11) is 1.19. The van der Waals surface area contributed by atoms with Crippen molar-refractivity contribution in [3.05, 3.63) is 44.4 Å². The molecule has 0 bridgehead atoms. The number of rotatable bonds is 2. The molecule has 1 aliphatic heterocycles. The number of benzene rings is 1. The molecular weight excluding hydrogens is 369 g/mol.